The molecule has 2 aromatic heterocycles. The SMILES string of the molecule is Nc1ccccc1C(N)c1nc2ccc(C(=O)NCc3ccco3)cc2[nH]1. The number of nitrogen functional groups attached to an aromatic ring is 1. The normalized spacial score (nSPS) is 12.2. The second kappa shape index (κ2) is 6.97. The summed E-state index contributed by atoms with van der Waals surface area (Å²) in [6.45, 7) is 0.330. The Morgan fingerprint density at radius 1 is 1.19 bits per heavy atom. The zero-order chi connectivity index (χ0) is 18.8. The van der Waals surface area contributed by atoms with E-state index in [4.69, 9.17) is 15.9 Å². The van der Waals surface area contributed by atoms with Crippen LogP contribution in [0.5, 0.6) is 0 Å². The van der Waals surface area contributed by atoms with Gasteiger partial charge in [0.2, 0.25) is 0 Å². The highest BCUT2D eigenvalue weighted by Crippen LogP contribution is 2.25. The first kappa shape index (κ1) is 16.9. The fourth-order valence-corrected chi connectivity index (χ4v) is 2.94. The number of nitrogens with zero attached hydrogens (tertiary/aromatic N) is 1. The Kier molecular flexibility index (Phi) is 4.35. The summed E-state index contributed by atoms with van der Waals surface area (Å²) >= 11 is 0. The van der Waals surface area contributed by atoms with Gasteiger partial charge in [-0.2, -0.15) is 0 Å². The molecule has 4 aromatic rings. The molecule has 7 heteroatoms. The molecule has 27 heavy (non-hydrogen) atoms. The number of hydrogen-bond acceptors (Lipinski definition) is 5. The van der Waals surface area contributed by atoms with Crippen molar-refractivity contribution < 1.29 is 9.21 Å². The molecule has 0 saturated carbocycles. The molecule has 7 nitrogen and oxygen atoms in total. The van der Waals surface area contributed by atoms with Crippen LogP contribution in [0.1, 0.15) is 33.5 Å². The molecule has 2 aromatic carbocycles. The summed E-state index contributed by atoms with van der Waals surface area (Å²) in [4.78, 5) is 20.1. The molecular weight excluding hydrogens is 342 g/mol. The molecule has 0 fully saturated rings. The van der Waals surface area contributed by atoms with Crippen LogP contribution in [0.25, 0.3) is 11.0 Å². The number of carbonyl (C=O) groups excluding carboxylic acids is 1. The van der Waals surface area contributed by atoms with Crippen molar-refractivity contribution in [2.24, 2.45) is 5.73 Å². The number of furan rings is 1. The number of rotatable bonds is 5. The van der Waals surface area contributed by atoms with Crippen molar-refractivity contribution in [3.8, 4) is 0 Å². The van der Waals surface area contributed by atoms with Crippen LogP contribution in [-0.2, 0) is 6.54 Å². The quantitative estimate of drug-likeness (QED) is 0.407. The minimum atomic E-state index is -0.477. The van der Waals surface area contributed by atoms with Crippen molar-refractivity contribution in [1.82, 2.24) is 15.3 Å². The lowest BCUT2D eigenvalue weighted by atomic mass is 10.1. The van der Waals surface area contributed by atoms with Gasteiger partial charge in [0.1, 0.15) is 11.6 Å². The average Bonchev–Trinajstić information content (AvgIpc) is 3.34. The minimum absolute atomic E-state index is 0.193. The van der Waals surface area contributed by atoms with Crippen LogP contribution in [0, 0.1) is 0 Å². The lowest BCUT2D eigenvalue weighted by Gasteiger charge is -2.11. The predicted molar refractivity (Wildman–Crippen MR) is 103 cm³/mol. The molecule has 2 heterocycles. The smallest absolute Gasteiger partial charge is 0.251 e. The van der Waals surface area contributed by atoms with Crippen LogP contribution in [0.4, 0.5) is 5.69 Å². The van der Waals surface area contributed by atoms with E-state index >= 15 is 0 Å². The first-order valence-electron chi connectivity index (χ1n) is 8.52. The molecular formula is C20H19N5O2. The molecule has 1 amide bonds. The van der Waals surface area contributed by atoms with Crippen LogP contribution in [0.3, 0.4) is 0 Å². The van der Waals surface area contributed by atoms with Gasteiger partial charge in [-0.3, -0.25) is 4.79 Å². The Morgan fingerprint density at radius 3 is 2.81 bits per heavy atom. The maximum absolute atomic E-state index is 12.4. The predicted octanol–water partition coefficient (Wildman–Crippen LogP) is 2.72. The molecule has 0 aliphatic rings. The summed E-state index contributed by atoms with van der Waals surface area (Å²) in [5, 5.41) is 2.82. The first-order chi connectivity index (χ1) is 13.1. The number of nitrogens with two attached hydrogens (primary N) is 2. The van der Waals surface area contributed by atoms with E-state index in [0.29, 0.717) is 29.4 Å². The Hall–Kier alpha value is -3.58. The molecule has 0 aliphatic heterocycles. The van der Waals surface area contributed by atoms with Crippen LogP contribution in [0.15, 0.2) is 65.3 Å². The maximum atomic E-state index is 12.4. The fourth-order valence-electron chi connectivity index (χ4n) is 2.94. The molecule has 136 valence electrons. The summed E-state index contributed by atoms with van der Waals surface area (Å²) in [5.41, 5.74) is 15.7. The van der Waals surface area contributed by atoms with Crippen molar-refractivity contribution >= 4 is 22.6 Å². The lowest BCUT2D eigenvalue weighted by molar-refractivity contribution is 0.0948. The van der Waals surface area contributed by atoms with Crippen LogP contribution in [-0.4, -0.2) is 15.9 Å². The van der Waals surface area contributed by atoms with E-state index in [0.717, 1.165) is 16.6 Å². The number of anilines is 1. The minimum Gasteiger partial charge on any atom is -0.467 e. The van der Waals surface area contributed by atoms with Gasteiger partial charge in [0.25, 0.3) is 5.91 Å². The Balaban J connectivity index is 1.56. The third-order valence-corrected chi connectivity index (χ3v) is 4.39. The Bertz CT molecular complexity index is 1080. The van der Waals surface area contributed by atoms with Crippen LogP contribution >= 0.6 is 0 Å². The molecule has 0 radical (unpaired) electrons. The number of carbonyl (C=O) groups is 1. The van der Waals surface area contributed by atoms with Gasteiger partial charge >= 0.3 is 0 Å². The van der Waals surface area contributed by atoms with Gasteiger partial charge in [-0.15, -0.1) is 0 Å². The van der Waals surface area contributed by atoms with E-state index in [1.54, 1.807) is 42.7 Å². The lowest BCUT2D eigenvalue weighted by Crippen LogP contribution is -2.22. The number of nitrogens with one attached hydrogen (secondary N) is 2. The van der Waals surface area contributed by atoms with Gasteiger partial charge in [-0.05, 0) is 42.0 Å². The number of aromatic amines is 1. The van der Waals surface area contributed by atoms with Crippen LogP contribution < -0.4 is 16.8 Å². The third kappa shape index (κ3) is 3.40. The summed E-state index contributed by atoms with van der Waals surface area (Å²) in [7, 11) is 0. The average molecular weight is 361 g/mol. The summed E-state index contributed by atoms with van der Waals surface area (Å²) in [5.74, 6) is 1.09. The van der Waals surface area contributed by atoms with E-state index in [1.165, 1.54) is 0 Å². The largest absolute Gasteiger partial charge is 0.467 e. The van der Waals surface area contributed by atoms with Gasteiger partial charge in [0.15, 0.2) is 0 Å². The monoisotopic (exact) mass is 361 g/mol. The second-order valence-electron chi connectivity index (χ2n) is 6.22. The van der Waals surface area contributed by atoms with Crippen molar-refractivity contribution in [3.63, 3.8) is 0 Å². The number of aromatic nitrogens is 2. The van der Waals surface area contributed by atoms with Crippen LogP contribution in [0.2, 0.25) is 0 Å². The van der Waals surface area contributed by atoms with Gasteiger partial charge < -0.3 is 26.2 Å². The van der Waals surface area contributed by atoms with E-state index < -0.39 is 6.04 Å². The molecule has 0 bridgehead atoms. The van der Waals surface area contributed by atoms with E-state index in [9.17, 15) is 4.79 Å². The van der Waals surface area contributed by atoms with Gasteiger partial charge in [-0.25, -0.2) is 4.98 Å². The molecule has 1 atom stereocenters. The zero-order valence-corrected chi connectivity index (χ0v) is 14.5. The highest BCUT2D eigenvalue weighted by molar-refractivity contribution is 5.97. The molecule has 0 spiro atoms. The number of amides is 1. The number of benzene rings is 2. The second-order valence-corrected chi connectivity index (χ2v) is 6.22. The van der Waals surface area contributed by atoms with Crippen molar-refractivity contribution in [3.05, 3.63) is 83.6 Å². The van der Waals surface area contributed by atoms with Crippen molar-refractivity contribution in [2.45, 2.75) is 12.6 Å². The summed E-state index contributed by atoms with van der Waals surface area (Å²) in [6.07, 6.45) is 1.57. The molecule has 0 saturated heterocycles. The van der Waals surface area contributed by atoms with E-state index in [-0.39, 0.29) is 5.91 Å². The molecule has 0 aliphatic carbocycles. The maximum Gasteiger partial charge on any atom is 0.251 e. The van der Waals surface area contributed by atoms with Crippen molar-refractivity contribution in [1.29, 1.82) is 0 Å². The van der Waals surface area contributed by atoms with Crippen molar-refractivity contribution in [2.75, 3.05) is 5.73 Å². The highest BCUT2D eigenvalue weighted by Gasteiger charge is 2.16. The fraction of sp³-hybridized carbons (Fsp3) is 0.100. The van der Waals surface area contributed by atoms with Gasteiger partial charge in [-0.1, -0.05) is 18.2 Å². The third-order valence-electron chi connectivity index (χ3n) is 4.39. The molecule has 1 unspecified atom stereocenters. The highest BCUT2D eigenvalue weighted by atomic mass is 16.3. The first-order valence-corrected chi connectivity index (χ1v) is 8.52. The number of para-hydroxylation sites is 1. The Morgan fingerprint density at radius 2 is 2.04 bits per heavy atom. The summed E-state index contributed by atoms with van der Waals surface area (Å²) < 4.78 is 5.22. The number of hydrogen-bond donors (Lipinski definition) is 4. The standard InChI is InChI=1S/C20H19N5O2/c21-15-6-2-1-5-14(15)18(22)19-24-16-8-7-12(10-17(16)25-19)20(26)23-11-13-4-3-9-27-13/h1-10,18H,11,21-22H2,(H,23,26)(H,24,25). The Labute approximate surface area is 155 Å². The summed E-state index contributed by atoms with van der Waals surface area (Å²) in [6, 6.07) is 15.8. The van der Waals surface area contributed by atoms with Gasteiger partial charge in [0, 0.05) is 11.3 Å². The van der Waals surface area contributed by atoms with E-state index in [1.807, 2.05) is 18.2 Å². The zero-order valence-electron chi connectivity index (χ0n) is 14.5. The number of H-pyrrole nitrogens is 1. The van der Waals surface area contributed by atoms with Gasteiger partial charge in [0.05, 0.1) is 29.9 Å². The molecule has 4 rings (SSSR count). The van der Waals surface area contributed by atoms with E-state index in [2.05, 4.69) is 15.3 Å². The topological polar surface area (TPSA) is 123 Å². The number of fused-ring (bicyclic) bond motifs is 1. The molecule has 6 N–H and O–H groups in total. The number of imidazole rings is 1.